The molecule has 40 heavy (non-hydrogen) atoms. The van der Waals surface area contributed by atoms with Gasteiger partial charge < -0.3 is 25.5 Å². The van der Waals surface area contributed by atoms with Crippen LogP contribution in [0.25, 0.3) is 0 Å². The summed E-state index contributed by atoms with van der Waals surface area (Å²) in [5, 5.41) is 2.97. The van der Waals surface area contributed by atoms with Crippen LogP contribution in [0.5, 0.6) is 0 Å². The fraction of sp³-hybridized carbons (Fsp3) is 0.879. The zero-order valence-corrected chi connectivity index (χ0v) is 26.2. The minimum atomic E-state index is -0.615. The molecule has 1 rings (SSSR count). The molecular formula is C33H64N4O3. The van der Waals surface area contributed by atoms with Gasteiger partial charge in [-0.15, -0.1) is 0 Å². The first-order valence-corrected chi connectivity index (χ1v) is 16.9. The summed E-state index contributed by atoms with van der Waals surface area (Å²) in [4.78, 5) is 19.5. The van der Waals surface area contributed by atoms with Gasteiger partial charge >= 0.3 is 0 Å². The summed E-state index contributed by atoms with van der Waals surface area (Å²) >= 11 is 0. The van der Waals surface area contributed by atoms with Gasteiger partial charge in [-0.25, -0.2) is 4.98 Å². The maximum Gasteiger partial charge on any atom is 0.237 e. The summed E-state index contributed by atoms with van der Waals surface area (Å²) in [6, 6.07) is -0.615. The molecule has 0 spiro atoms. The number of imidazole rings is 1. The van der Waals surface area contributed by atoms with Crippen molar-refractivity contribution in [2.24, 2.45) is 5.73 Å². The second-order valence-corrected chi connectivity index (χ2v) is 11.6. The molecule has 0 aliphatic rings. The molecule has 0 radical (unpaired) electrons. The molecule has 0 fully saturated rings. The van der Waals surface area contributed by atoms with E-state index in [1.165, 1.54) is 116 Å². The monoisotopic (exact) mass is 564 g/mol. The Labute approximate surface area is 246 Å². The summed E-state index contributed by atoms with van der Waals surface area (Å²) in [5.41, 5.74) is 6.95. The van der Waals surface area contributed by atoms with Gasteiger partial charge in [-0.3, -0.25) is 4.79 Å². The van der Waals surface area contributed by atoms with Crippen LogP contribution < -0.4 is 11.1 Å². The molecule has 7 heteroatoms. The molecule has 0 saturated heterocycles. The highest BCUT2D eigenvalue weighted by Crippen LogP contribution is 2.12. The molecule has 0 aliphatic heterocycles. The van der Waals surface area contributed by atoms with Gasteiger partial charge in [0.05, 0.1) is 25.1 Å². The van der Waals surface area contributed by atoms with E-state index >= 15 is 0 Å². The normalized spacial score (nSPS) is 13.0. The number of hydrogen-bond acceptors (Lipinski definition) is 5. The Morgan fingerprint density at radius 1 is 0.800 bits per heavy atom. The number of unbranched alkanes of at least 4 members (excludes halogenated alkanes) is 18. The summed E-state index contributed by atoms with van der Waals surface area (Å²) in [6.07, 6.45) is 29.8. The molecule has 7 nitrogen and oxygen atoms in total. The van der Waals surface area contributed by atoms with E-state index < -0.39 is 6.04 Å². The fourth-order valence-corrected chi connectivity index (χ4v) is 4.98. The molecule has 0 saturated carbocycles. The Morgan fingerprint density at radius 2 is 1.30 bits per heavy atom. The lowest BCUT2D eigenvalue weighted by molar-refractivity contribution is -0.123. The molecular weight excluding hydrogens is 500 g/mol. The lowest BCUT2D eigenvalue weighted by atomic mass is 10.1. The van der Waals surface area contributed by atoms with Crippen LogP contribution in [-0.2, 0) is 20.7 Å². The van der Waals surface area contributed by atoms with Crippen LogP contribution >= 0.6 is 0 Å². The van der Waals surface area contributed by atoms with Crippen molar-refractivity contribution in [2.45, 2.75) is 161 Å². The zero-order valence-electron chi connectivity index (χ0n) is 26.2. The Balaban J connectivity index is 2.21. The van der Waals surface area contributed by atoms with Crippen LogP contribution in [0.2, 0.25) is 0 Å². The van der Waals surface area contributed by atoms with Gasteiger partial charge in [0.2, 0.25) is 5.91 Å². The lowest BCUT2D eigenvalue weighted by Gasteiger charge is -2.20. The summed E-state index contributed by atoms with van der Waals surface area (Å²) < 4.78 is 12.1. The topological polar surface area (TPSA) is 102 Å². The number of nitrogens with zero attached hydrogens (tertiary/aromatic N) is 1. The number of amides is 1. The molecule has 2 atom stereocenters. The second-order valence-electron chi connectivity index (χ2n) is 11.6. The van der Waals surface area contributed by atoms with Crippen molar-refractivity contribution in [2.75, 3.05) is 26.4 Å². The van der Waals surface area contributed by atoms with Crippen molar-refractivity contribution in [1.29, 1.82) is 0 Å². The SMILES string of the molecule is CCCCCCCCCCCCOCC(CNC(=O)[C@@H](N)Cc1cnc[nH]1)OCCCCCCCCCCCC. The molecule has 1 unspecified atom stereocenters. The average molecular weight is 565 g/mol. The van der Waals surface area contributed by atoms with Crippen molar-refractivity contribution in [1.82, 2.24) is 15.3 Å². The van der Waals surface area contributed by atoms with Crippen molar-refractivity contribution in [3.63, 3.8) is 0 Å². The van der Waals surface area contributed by atoms with E-state index in [2.05, 4.69) is 29.1 Å². The fourth-order valence-electron chi connectivity index (χ4n) is 4.98. The van der Waals surface area contributed by atoms with E-state index in [0.29, 0.717) is 26.2 Å². The number of ether oxygens (including phenoxy) is 2. The van der Waals surface area contributed by atoms with Gasteiger partial charge in [0, 0.05) is 38.1 Å². The van der Waals surface area contributed by atoms with E-state index in [-0.39, 0.29) is 12.0 Å². The van der Waals surface area contributed by atoms with Crippen LogP contribution in [0, 0.1) is 0 Å². The van der Waals surface area contributed by atoms with Crippen molar-refractivity contribution in [3.05, 3.63) is 18.2 Å². The molecule has 0 bridgehead atoms. The van der Waals surface area contributed by atoms with E-state index in [9.17, 15) is 4.79 Å². The Morgan fingerprint density at radius 3 is 1.80 bits per heavy atom. The first-order chi connectivity index (χ1) is 19.7. The number of carbonyl (C=O) groups excluding carboxylic acids is 1. The number of aromatic nitrogens is 2. The van der Waals surface area contributed by atoms with E-state index in [4.69, 9.17) is 15.2 Å². The molecule has 1 heterocycles. The molecule has 4 N–H and O–H groups in total. The standard InChI is InChI=1S/C33H64N4O3/c1-3-5-7-9-11-13-15-17-19-21-23-39-28-31(27-36-33(38)32(34)25-30-26-35-29-37-30)40-24-22-20-18-16-14-12-10-8-6-4-2/h26,29,31-32H,3-25,27-28,34H2,1-2H3,(H,35,37)(H,36,38)/t31?,32-/m0/s1. The van der Waals surface area contributed by atoms with E-state index in [1.54, 1.807) is 12.5 Å². The smallest absolute Gasteiger partial charge is 0.237 e. The summed E-state index contributed by atoms with van der Waals surface area (Å²) in [7, 11) is 0. The molecule has 0 aliphatic carbocycles. The summed E-state index contributed by atoms with van der Waals surface area (Å²) in [6.45, 7) is 6.92. The zero-order chi connectivity index (χ0) is 28.9. The van der Waals surface area contributed by atoms with Gasteiger partial charge in [-0.05, 0) is 12.8 Å². The van der Waals surface area contributed by atoms with Crippen molar-refractivity contribution in [3.8, 4) is 0 Å². The van der Waals surface area contributed by atoms with Gasteiger partial charge in [-0.2, -0.15) is 0 Å². The minimum Gasteiger partial charge on any atom is -0.379 e. The average Bonchev–Trinajstić information content (AvgIpc) is 3.47. The number of aromatic amines is 1. The third-order valence-electron chi connectivity index (χ3n) is 7.63. The van der Waals surface area contributed by atoms with Gasteiger partial charge in [0.15, 0.2) is 0 Å². The quantitative estimate of drug-likeness (QED) is 0.0833. The van der Waals surface area contributed by atoms with Crippen LogP contribution in [0.4, 0.5) is 0 Å². The van der Waals surface area contributed by atoms with Crippen LogP contribution in [0.15, 0.2) is 12.5 Å². The van der Waals surface area contributed by atoms with Crippen LogP contribution in [-0.4, -0.2) is 54.4 Å². The molecule has 1 amide bonds. The highest BCUT2D eigenvalue weighted by atomic mass is 16.5. The molecule has 234 valence electrons. The predicted molar refractivity (Wildman–Crippen MR) is 168 cm³/mol. The van der Waals surface area contributed by atoms with E-state index in [1.807, 2.05) is 0 Å². The highest BCUT2D eigenvalue weighted by molar-refractivity contribution is 5.81. The maximum absolute atomic E-state index is 12.5. The molecule has 0 aromatic carbocycles. The van der Waals surface area contributed by atoms with Crippen LogP contribution in [0.1, 0.15) is 148 Å². The number of rotatable bonds is 30. The third-order valence-corrected chi connectivity index (χ3v) is 7.63. The lowest BCUT2D eigenvalue weighted by Crippen LogP contribution is -2.46. The Hall–Kier alpha value is -1.44. The number of nitrogens with one attached hydrogen (secondary N) is 2. The Bertz CT molecular complexity index is 656. The predicted octanol–water partition coefficient (Wildman–Crippen LogP) is 7.64. The highest BCUT2D eigenvalue weighted by Gasteiger charge is 2.17. The van der Waals surface area contributed by atoms with Gasteiger partial charge in [0.1, 0.15) is 0 Å². The van der Waals surface area contributed by atoms with Crippen molar-refractivity contribution < 1.29 is 14.3 Å². The second kappa shape index (κ2) is 27.7. The Kier molecular flexibility index (Phi) is 25.4. The summed E-state index contributed by atoms with van der Waals surface area (Å²) in [5.74, 6) is -0.170. The maximum atomic E-state index is 12.5. The minimum absolute atomic E-state index is 0.148. The number of hydrogen-bond donors (Lipinski definition) is 3. The third kappa shape index (κ3) is 22.3. The molecule has 1 aromatic rings. The number of H-pyrrole nitrogens is 1. The molecule has 1 aromatic heterocycles. The van der Waals surface area contributed by atoms with Gasteiger partial charge in [0.25, 0.3) is 0 Å². The van der Waals surface area contributed by atoms with Crippen molar-refractivity contribution >= 4 is 5.91 Å². The van der Waals surface area contributed by atoms with Gasteiger partial charge in [-0.1, -0.05) is 129 Å². The first-order valence-electron chi connectivity index (χ1n) is 16.9. The van der Waals surface area contributed by atoms with Crippen LogP contribution in [0.3, 0.4) is 0 Å². The first kappa shape index (κ1) is 36.6. The largest absolute Gasteiger partial charge is 0.379 e. The number of nitrogens with two attached hydrogens (primary N) is 1. The van der Waals surface area contributed by atoms with E-state index in [0.717, 1.165) is 25.1 Å². The number of carbonyl (C=O) groups is 1.